The minimum Gasteiger partial charge on any atom is -0.458 e. The molecule has 0 saturated carbocycles. The molecule has 0 unspecified atom stereocenters. The maximum absolute atomic E-state index is 12.5. The number of hydrogen-bond acceptors (Lipinski definition) is 5. The van der Waals surface area contributed by atoms with Crippen molar-refractivity contribution >= 4 is 11.8 Å². The van der Waals surface area contributed by atoms with Gasteiger partial charge in [-0.25, -0.2) is 0 Å². The number of hydrogen-bond donors (Lipinski definition) is 1. The van der Waals surface area contributed by atoms with Crippen molar-refractivity contribution in [1.82, 2.24) is 0 Å². The topological polar surface area (TPSA) is 72.8 Å². The van der Waals surface area contributed by atoms with Gasteiger partial charge in [-0.2, -0.15) is 0 Å². The molecule has 0 aliphatic heterocycles. The number of ether oxygens (including phenoxy) is 2. The van der Waals surface area contributed by atoms with E-state index in [1.807, 2.05) is 26.0 Å². The van der Waals surface area contributed by atoms with Gasteiger partial charge in [-0.15, -0.1) is 0 Å². The van der Waals surface area contributed by atoms with Crippen molar-refractivity contribution < 1.29 is 24.2 Å². The van der Waals surface area contributed by atoms with Gasteiger partial charge < -0.3 is 14.6 Å². The molecule has 0 bridgehead atoms. The Balaban J connectivity index is 2.95. The van der Waals surface area contributed by atoms with E-state index in [-0.39, 0.29) is 18.3 Å². The Kier molecular flexibility index (Phi) is 11.5. The van der Waals surface area contributed by atoms with E-state index in [2.05, 4.69) is 32.1 Å². The van der Waals surface area contributed by atoms with Crippen molar-refractivity contribution in [2.75, 3.05) is 13.2 Å². The van der Waals surface area contributed by atoms with Gasteiger partial charge >= 0.3 is 5.97 Å². The smallest absolute Gasteiger partial charge is 0.303 e. The third-order valence-electron chi connectivity index (χ3n) is 4.87. The second kappa shape index (κ2) is 13.3. The molecule has 0 aromatic carbocycles. The van der Waals surface area contributed by atoms with Gasteiger partial charge in [-0.1, -0.05) is 62.6 Å². The van der Waals surface area contributed by atoms with Crippen LogP contribution in [0.5, 0.6) is 0 Å². The maximum Gasteiger partial charge on any atom is 0.303 e. The summed E-state index contributed by atoms with van der Waals surface area (Å²) in [6.45, 7) is 9.82. The Hall–Kier alpha value is -1.98. The molecule has 0 spiro atoms. The Labute approximate surface area is 175 Å². The quantitative estimate of drug-likeness (QED) is 0.240. The van der Waals surface area contributed by atoms with Crippen LogP contribution >= 0.6 is 0 Å². The Bertz CT molecular complexity index is 656. The van der Waals surface area contributed by atoms with Crippen LogP contribution in [0.1, 0.15) is 53.9 Å². The van der Waals surface area contributed by atoms with Crippen LogP contribution in [-0.4, -0.2) is 42.3 Å². The van der Waals surface area contributed by atoms with Gasteiger partial charge in [0.2, 0.25) is 0 Å². The van der Waals surface area contributed by atoms with E-state index in [1.54, 1.807) is 6.08 Å². The largest absolute Gasteiger partial charge is 0.458 e. The zero-order valence-electron chi connectivity index (χ0n) is 18.4. The lowest BCUT2D eigenvalue weighted by Gasteiger charge is -2.33. The van der Waals surface area contributed by atoms with Gasteiger partial charge in [-0.3, -0.25) is 9.59 Å². The van der Waals surface area contributed by atoms with Gasteiger partial charge in [0.25, 0.3) is 0 Å². The molecular weight excluding hydrogens is 368 g/mol. The third-order valence-corrected chi connectivity index (χ3v) is 4.87. The Morgan fingerprint density at radius 1 is 1.28 bits per heavy atom. The molecule has 0 radical (unpaired) electrons. The first-order valence-electron chi connectivity index (χ1n) is 10.5. The summed E-state index contributed by atoms with van der Waals surface area (Å²) >= 11 is 0. The average Bonchev–Trinajstić information content (AvgIpc) is 2.66. The molecule has 0 heterocycles. The molecule has 162 valence electrons. The highest BCUT2D eigenvalue weighted by atomic mass is 16.5. The molecule has 4 atom stereocenters. The average molecular weight is 405 g/mol. The van der Waals surface area contributed by atoms with Crippen molar-refractivity contribution in [3.63, 3.8) is 0 Å². The second-order valence-electron chi connectivity index (χ2n) is 7.46. The van der Waals surface area contributed by atoms with Crippen LogP contribution in [0.3, 0.4) is 0 Å². The normalized spacial score (nSPS) is 24.2. The highest BCUT2D eigenvalue weighted by molar-refractivity contribution is 6.00. The van der Waals surface area contributed by atoms with E-state index in [4.69, 9.17) is 9.47 Å². The van der Waals surface area contributed by atoms with E-state index >= 15 is 0 Å². The number of aliphatic hydroxyl groups excluding tert-OH is 1. The second-order valence-corrected chi connectivity index (χ2v) is 7.46. The van der Waals surface area contributed by atoms with Crippen molar-refractivity contribution in [3.05, 3.63) is 47.6 Å². The number of allylic oxidation sites excluding steroid dienone is 5. The van der Waals surface area contributed by atoms with E-state index in [0.29, 0.717) is 12.2 Å². The van der Waals surface area contributed by atoms with Gasteiger partial charge in [-0.05, 0) is 32.3 Å². The highest BCUT2D eigenvalue weighted by Gasteiger charge is 2.40. The zero-order valence-corrected chi connectivity index (χ0v) is 18.4. The van der Waals surface area contributed by atoms with Crippen molar-refractivity contribution in [1.29, 1.82) is 0 Å². The molecule has 1 aliphatic carbocycles. The van der Waals surface area contributed by atoms with Crippen LogP contribution < -0.4 is 0 Å². The summed E-state index contributed by atoms with van der Waals surface area (Å²) in [5, 5.41) is 10.6. The third kappa shape index (κ3) is 8.50. The number of unbranched alkanes of at least 4 members (excludes halogenated alkanes) is 2. The molecule has 0 fully saturated rings. The van der Waals surface area contributed by atoms with Crippen LogP contribution in [0.15, 0.2) is 47.6 Å². The van der Waals surface area contributed by atoms with Crippen LogP contribution in [-0.2, 0) is 19.1 Å². The lowest BCUT2D eigenvalue weighted by molar-refractivity contribution is -0.150. The fourth-order valence-electron chi connectivity index (χ4n) is 3.25. The molecule has 1 rings (SSSR count). The molecule has 29 heavy (non-hydrogen) atoms. The predicted octanol–water partition coefficient (Wildman–Crippen LogP) is 4.33. The van der Waals surface area contributed by atoms with Gasteiger partial charge in [0.05, 0.1) is 12.5 Å². The van der Waals surface area contributed by atoms with Crippen LogP contribution in [0, 0.1) is 11.8 Å². The van der Waals surface area contributed by atoms with Gasteiger partial charge in [0.15, 0.2) is 5.78 Å². The summed E-state index contributed by atoms with van der Waals surface area (Å²) < 4.78 is 10.7. The summed E-state index contributed by atoms with van der Waals surface area (Å²) in [5.41, 5.74) is 1.12. The van der Waals surface area contributed by atoms with Crippen LogP contribution in [0.4, 0.5) is 0 Å². The van der Waals surface area contributed by atoms with Crippen molar-refractivity contribution in [3.8, 4) is 0 Å². The minimum atomic E-state index is -1.27. The number of carbonyl (C=O) groups excluding carboxylic acids is 2. The first-order valence-corrected chi connectivity index (χ1v) is 10.5. The standard InChI is InChI=1S/C24H36O5/c1-6-8-9-10-12-17(3)13-11-14-18(4)22-21(29-19(5)25)15-20(16-28-7-2)23(26)24(22)27/h10-15,17,21-22,24,27H,6-9,16H2,1-5H3/b12-10+,13-11+,18-14+/t17-,21-,22-,24+/m0/s1. The molecule has 1 N–H and O–H groups in total. The lowest BCUT2D eigenvalue weighted by atomic mass is 9.79. The molecule has 1 aliphatic rings. The SMILES string of the molecule is CCCC/C=C/[C@H](C)/C=C/C=C(\C)[C@H]1[C@@H](OC(C)=O)C=C(COCC)C(=O)[C@@H]1O. The predicted molar refractivity (Wildman–Crippen MR) is 115 cm³/mol. The lowest BCUT2D eigenvalue weighted by Crippen LogP contribution is -2.44. The van der Waals surface area contributed by atoms with Gasteiger partial charge in [0.1, 0.15) is 12.2 Å². The molecule has 0 saturated heterocycles. The Morgan fingerprint density at radius 3 is 2.62 bits per heavy atom. The summed E-state index contributed by atoms with van der Waals surface area (Å²) in [6.07, 6.45) is 13.3. The summed E-state index contributed by atoms with van der Waals surface area (Å²) in [5.74, 6) is -1.16. The van der Waals surface area contributed by atoms with Crippen LogP contribution in [0.25, 0.3) is 0 Å². The number of esters is 1. The molecule has 5 nitrogen and oxygen atoms in total. The molecule has 0 aromatic rings. The maximum atomic E-state index is 12.5. The number of rotatable bonds is 11. The summed E-state index contributed by atoms with van der Waals surface area (Å²) in [4.78, 5) is 24.1. The summed E-state index contributed by atoms with van der Waals surface area (Å²) in [6, 6.07) is 0. The van der Waals surface area contributed by atoms with E-state index in [0.717, 1.165) is 12.0 Å². The van der Waals surface area contributed by atoms with E-state index in [9.17, 15) is 14.7 Å². The molecule has 0 aromatic heterocycles. The first kappa shape index (κ1) is 25.1. The monoisotopic (exact) mass is 404 g/mol. The van der Waals surface area contributed by atoms with Crippen molar-refractivity contribution in [2.24, 2.45) is 11.8 Å². The number of aliphatic hydroxyl groups is 1. The van der Waals surface area contributed by atoms with Crippen LogP contribution in [0.2, 0.25) is 0 Å². The molecule has 5 heteroatoms. The zero-order chi connectivity index (χ0) is 21.8. The molecule has 0 amide bonds. The Morgan fingerprint density at radius 2 is 2.00 bits per heavy atom. The minimum absolute atomic E-state index is 0.0986. The number of carbonyl (C=O) groups is 2. The fourth-order valence-corrected chi connectivity index (χ4v) is 3.25. The highest BCUT2D eigenvalue weighted by Crippen LogP contribution is 2.30. The van der Waals surface area contributed by atoms with Gasteiger partial charge in [0, 0.05) is 19.1 Å². The number of Topliss-reactive ketones (excluding diaryl/α,β-unsaturated/α-hetero) is 1. The van der Waals surface area contributed by atoms with Crippen molar-refractivity contribution in [2.45, 2.75) is 66.1 Å². The fraction of sp³-hybridized carbons (Fsp3) is 0.583. The number of ketones is 1. The first-order chi connectivity index (χ1) is 13.8. The van der Waals surface area contributed by atoms with E-state index < -0.39 is 24.1 Å². The van der Waals surface area contributed by atoms with E-state index in [1.165, 1.54) is 19.8 Å². The molecular formula is C24H36O5. The summed E-state index contributed by atoms with van der Waals surface area (Å²) in [7, 11) is 0.